The molecular weight excluding hydrogens is 369 g/mol. The first-order chi connectivity index (χ1) is 12.8. The molecule has 0 aromatic carbocycles. The first kappa shape index (κ1) is 19.2. The molecule has 2 aliphatic heterocycles. The molecule has 1 spiro atoms. The number of rotatable bonds is 2. The van der Waals surface area contributed by atoms with Crippen molar-refractivity contribution in [1.29, 1.82) is 0 Å². The average molecular weight is 397 g/mol. The molecule has 148 valence electrons. The standard InChI is InChI=1S/C20H27F3N2OSi/c21-20(22,23)18-6-3-16(13-24-18)15-1-4-17(5-2-15)25-10-7-19(14-25)8-11-27(26)12-9-19/h3,6,13,15,17H,1-2,4-5,7-12,14H2/t15-,17-. The van der Waals surface area contributed by atoms with Crippen molar-refractivity contribution in [3.05, 3.63) is 29.6 Å². The number of hydrogen-bond donors (Lipinski definition) is 0. The van der Waals surface area contributed by atoms with E-state index in [2.05, 4.69) is 9.88 Å². The molecule has 3 nitrogen and oxygen atoms in total. The number of pyridine rings is 1. The molecule has 1 saturated carbocycles. The highest BCUT2D eigenvalue weighted by molar-refractivity contribution is 6.43. The predicted molar refractivity (Wildman–Crippen MR) is 98.1 cm³/mol. The molecule has 1 aromatic heterocycles. The summed E-state index contributed by atoms with van der Waals surface area (Å²) in [6.45, 7) is 2.30. The van der Waals surface area contributed by atoms with Crippen LogP contribution in [0.3, 0.4) is 0 Å². The summed E-state index contributed by atoms with van der Waals surface area (Å²) in [7, 11) is -1.29. The fraction of sp³-hybridized carbons (Fsp3) is 0.750. The van der Waals surface area contributed by atoms with Crippen molar-refractivity contribution in [3.8, 4) is 0 Å². The van der Waals surface area contributed by atoms with E-state index in [1.807, 2.05) is 0 Å². The lowest BCUT2D eigenvalue weighted by Crippen LogP contribution is -2.39. The van der Waals surface area contributed by atoms with Crippen LogP contribution in [0.5, 0.6) is 0 Å². The molecule has 4 rings (SSSR count). The maximum absolute atomic E-state index is 12.7. The van der Waals surface area contributed by atoms with Crippen LogP contribution in [0.1, 0.15) is 62.1 Å². The van der Waals surface area contributed by atoms with Crippen molar-refractivity contribution in [2.45, 2.75) is 75.2 Å². The van der Waals surface area contributed by atoms with Gasteiger partial charge in [-0.1, -0.05) is 6.07 Å². The average Bonchev–Trinajstić information content (AvgIpc) is 3.08. The minimum Gasteiger partial charge on any atom is -0.388 e. The number of likely N-dealkylation sites (tertiary alicyclic amines) is 1. The lowest BCUT2D eigenvalue weighted by molar-refractivity contribution is -0.141. The number of nitrogens with zero attached hydrogens (tertiary/aromatic N) is 2. The van der Waals surface area contributed by atoms with E-state index >= 15 is 0 Å². The zero-order valence-corrected chi connectivity index (χ0v) is 16.6. The second-order valence-corrected chi connectivity index (χ2v) is 10.8. The van der Waals surface area contributed by atoms with E-state index < -0.39 is 20.6 Å². The molecule has 0 unspecified atom stereocenters. The maximum Gasteiger partial charge on any atom is 0.433 e. The molecule has 0 amide bonds. The van der Waals surface area contributed by atoms with Gasteiger partial charge in [-0.15, -0.1) is 0 Å². The van der Waals surface area contributed by atoms with Crippen molar-refractivity contribution < 1.29 is 17.6 Å². The van der Waals surface area contributed by atoms with Crippen molar-refractivity contribution in [2.24, 2.45) is 5.41 Å². The van der Waals surface area contributed by atoms with Crippen LogP contribution in [0.2, 0.25) is 12.1 Å². The first-order valence-corrected chi connectivity index (χ1v) is 12.0. The van der Waals surface area contributed by atoms with Gasteiger partial charge >= 0.3 is 6.18 Å². The third-order valence-corrected chi connectivity index (χ3v) is 8.71. The topological polar surface area (TPSA) is 33.2 Å². The van der Waals surface area contributed by atoms with Gasteiger partial charge in [-0.3, -0.25) is 9.88 Å². The smallest absolute Gasteiger partial charge is 0.388 e. The molecule has 0 atom stereocenters. The van der Waals surface area contributed by atoms with E-state index in [9.17, 15) is 17.6 Å². The Balaban J connectivity index is 1.31. The third kappa shape index (κ3) is 4.19. The van der Waals surface area contributed by atoms with Gasteiger partial charge in [-0.05, 0) is 86.5 Å². The Labute approximate surface area is 160 Å². The molecule has 2 saturated heterocycles. The van der Waals surface area contributed by atoms with E-state index in [0.29, 0.717) is 17.4 Å². The highest BCUT2D eigenvalue weighted by atomic mass is 28.3. The fourth-order valence-electron chi connectivity index (χ4n) is 5.34. The molecule has 7 heteroatoms. The molecule has 3 fully saturated rings. The summed E-state index contributed by atoms with van der Waals surface area (Å²) in [5.74, 6) is 0.327. The molecule has 27 heavy (non-hydrogen) atoms. The summed E-state index contributed by atoms with van der Waals surface area (Å²) < 4.78 is 49.8. The zero-order chi connectivity index (χ0) is 19.1. The van der Waals surface area contributed by atoms with Gasteiger partial charge in [-0.25, -0.2) is 0 Å². The normalized spacial score (nSPS) is 29.4. The summed E-state index contributed by atoms with van der Waals surface area (Å²) in [5.41, 5.74) is 0.543. The molecule has 0 N–H and O–H groups in total. The van der Waals surface area contributed by atoms with E-state index in [4.69, 9.17) is 0 Å². The van der Waals surface area contributed by atoms with E-state index in [0.717, 1.165) is 75.3 Å². The van der Waals surface area contributed by atoms with E-state index in [1.54, 1.807) is 6.07 Å². The first-order valence-electron chi connectivity index (χ1n) is 10.1. The summed E-state index contributed by atoms with van der Waals surface area (Å²) in [6.07, 6.45) is 4.82. The largest absolute Gasteiger partial charge is 0.433 e. The minimum atomic E-state index is -4.37. The zero-order valence-electron chi connectivity index (χ0n) is 15.6. The van der Waals surface area contributed by atoms with Crippen LogP contribution in [0, 0.1) is 5.41 Å². The summed E-state index contributed by atoms with van der Waals surface area (Å²) in [6, 6.07) is 5.19. The lowest BCUT2D eigenvalue weighted by Gasteiger charge is -2.37. The molecule has 1 aromatic rings. The van der Waals surface area contributed by atoms with Crippen molar-refractivity contribution in [3.63, 3.8) is 0 Å². The number of alkyl halides is 3. The van der Waals surface area contributed by atoms with Crippen LogP contribution < -0.4 is 0 Å². The van der Waals surface area contributed by atoms with Gasteiger partial charge in [0.05, 0.1) is 0 Å². The van der Waals surface area contributed by atoms with Gasteiger partial charge in [0.25, 0.3) is 8.68 Å². The third-order valence-electron chi connectivity index (χ3n) is 7.10. The van der Waals surface area contributed by atoms with Crippen LogP contribution in [0.15, 0.2) is 18.3 Å². The fourth-order valence-corrected chi connectivity index (χ4v) is 7.21. The quantitative estimate of drug-likeness (QED) is 0.657. The SMILES string of the molecule is O=[Si]1CCC2(CCN([C@H]3CC[C@H](c4ccc(C(F)(F)F)nc4)CC3)C2)CC1. The Bertz CT molecular complexity index is 673. The number of halogens is 3. The van der Waals surface area contributed by atoms with Gasteiger partial charge in [-0.2, -0.15) is 13.2 Å². The molecule has 0 bridgehead atoms. The van der Waals surface area contributed by atoms with Crippen LogP contribution in [0.25, 0.3) is 0 Å². The highest BCUT2D eigenvalue weighted by Gasteiger charge is 2.43. The summed E-state index contributed by atoms with van der Waals surface area (Å²) in [4.78, 5) is 6.27. The summed E-state index contributed by atoms with van der Waals surface area (Å²) in [5, 5.41) is 0. The monoisotopic (exact) mass is 396 g/mol. The molecular formula is C20H27F3N2OSi. The Kier molecular flexibility index (Phi) is 5.27. The second kappa shape index (κ2) is 7.39. The summed E-state index contributed by atoms with van der Waals surface area (Å²) >= 11 is 0. The molecule has 3 heterocycles. The van der Waals surface area contributed by atoms with Crippen LogP contribution in [-0.4, -0.2) is 37.7 Å². The van der Waals surface area contributed by atoms with Crippen molar-refractivity contribution >= 4 is 8.68 Å². The molecule has 1 aliphatic carbocycles. The van der Waals surface area contributed by atoms with Gasteiger partial charge in [0.2, 0.25) is 0 Å². The van der Waals surface area contributed by atoms with Crippen LogP contribution in [-0.2, 0) is 10.6 Å². The molecule has 3 aliphatic rings. The van der Waals surface area contributed by atoms with Gasteiger partial charge in [0.1, 0.15) is 5.69 Å². The predicted octanol–water partition coefficient (Wildman–Crippen LogP) is 5.03. The van der Waals surface area contributed by atoms with Crippen LogP contribution in [0.4, 0.5) is 13.2 Å². The van der Waals surface area contributed by atoms with Gasteiger partial charge < -0.3 is 4.46 Å². The van der Waals surface area contributed by atoms with Crippen LogP contribution >= 0.6 is 0 Å². The van der Waals surface area contributed by atoms with Crippen molar-refractivity contribution in [2.75, 3.05) is 13.1 Å². The second-order valence-electron chi connectivity index (χ2n) is 8.74. The highest BCUT2D eigenvalue weighted by Crippen LogP contribution is 2.45. The van der Waals surface area contributed by atoms with E-state index in [1.165, 1.54) is 12.6 Å². The number of aromatic nitrogens is 1. The Morgan fingerprint density at radius 3 is 2.37 bits per heavy atom. The maximum atomic E-state index is 12.7. The number of hydrogen-bond acceptors (Lipinski definition) is 3. The lowest BCUT2D eigenvalue weighted by atomic mass is 9.80. The van der Waals surface area contributed by atoms with E-state index in [-0.39, 0.29) is 0 Å². The molecule has 0 radical (unpaired) electrons. The minimum absolute atomic E-state index is 0.327. The Morgan fingerprint density at radius 2 is 1.78 bits per heavy atom. The Hall–Kier alpha value is -1.08. The van der Waals surface area contributed by atoms with Gasteiger partial charge in [0.15, 0.2) is 0 Å². The van der Waals surface area contributed by atoms with Gasteiger partial charge in [0, 0.05) is 18.8 Å². The van der Waals surface area contributed by atoms with Crippen molar-refractivity contribution in [1.82, 2.24) is 9.88 Å². The Morgan fingerprint density at radius 1 is 1.07 bits per heavy atom.